The first-order valence-corrected chi connectivity index (χ1v) is 7.55. The van der Waals surface area contributed by atoms with Gasteiger partial charge in [-0.25, -0.2) is 4.98 Å². The molecule has 0 saturated carbocycles. The lowest BCUT2D eigenvalue weighted by molar-refractivity contribution is 0.102. The summed E-state index contributed by atoms with van der Waals surface area (Å²) in [5, 5.41) is 8.27. The van der Waals surface area contributed by atoms with Gasteiger partial charge in [0.15, 0.2) is 5.78 Å². The maximum atomic E-state index is 11.4. The Kier molecular flexibility index (Phi) is 3.81. The van der Waals surface area contributed by atoms with Crippen LogP contribution in [0, 0.1) is 6.92 Å². The lowest BCUT2D eigenvalue weighted by atomic mass is 10.0. The van der Waals surface area contributed by atoms with E-state index in [-0.39, 0.29) is 5.78 Å². The van der Waals surface area contributed by atoms with E-state index in [1.807, 2.05) is 25.3 Å². The summed E-state index contributed by atoms with van der Waals surface area (Å²) < 4.78 is 0. The molecule has 3 rings (SSSR count). The maximum Gasteiger partial charge on any atom is 0.204 e. The summed E-state index contributed by atoms with van der Waals surface area (Å²) in [6.45, 7) is 4.18. The molecule has 0 saturated heterocycles. The highest BCUT2D eigenvalue weighted by Gasteiger charge is 2.20. The van der Waals surface area contributed by atoms with E-state index in [9.17, 15) is 4.79 Å². The van der Waals surface area contributed by atoms with E-state index in [0.29, 0.717) is 16.1 Å². The number of hydrazone groups is 1. The molecule has 21 heavy (non-hydrogen) atoms. The van der Waals surface area contributed by atoms with Crippen LogP contribution in [0.15, 0.2) is 40.6 Å². The topological polar surface area (TPSA) is 66.4 Å². The number of thiazole rings is 1. The molecule has 0 aromatic carbocycles. The third-order valence-electron chi connectivity index (χ3n) is 3.41. The Morgan fingerprint density at radius 1 is 1.57 bits per heavy atom. The summed E-state index contributed by atoms with van der Waals surface area (Å²) in [5.74, 6) is 0.0360. The van der Waals surface area contributed by atoms with Crippen molar-refractivity contribution in [1.82, 2.24) is 10.3 Å². The second kappa shape index (κ2) is 5.75. The minimum absolute atomic E-state index is 0.0360. The number of carbonyl (C=O) groups is 1. The fourth-order valence-corrected chi connectivity index (χ4v) is 3.22. The lowest BCUT2D eigenvalue weighted by Gasteiger charge is -2.09. The van der Waals surface area contributed by atoms with Crippen molar-refractivity contribution in [3.05, 3.63) is 46.0 Å². The SMILES string of the molecule is CC(=O)c1sc(N/N=C/C2=C3C=CC=CC3NC2)nc1C. The van der Waals surface area contributed by atoms with Gasteiger partial charge in [0.25, 0.3) is 0 Å². The molecular weight excluding hydrogens is 284 g/mol. The number of nitrogens with one attached hydrogen (secondary N) is 2. The molecule has 2 aliphatic rings. The Balaban J connectivity index is 1.71. The normalized spacial score (nSPS) is 20.4. The van der Waals surface area contributed by atoms with Crippen LogP contribution in [0.4, 0.5) is 5.13 Å². The van der Waals surface area contributed by atoms with Crippen molar-refractivity contribution in [2.45, 2.75) is 19.9 Å². The number of fused-ring (bicyclic) bond motifs is 1. The van der Waals surface area contributed by atoms with Gasteiger partial charge in [-0.1, -0.05) is 35.6 Å². The predicted octanol–water partition coefficient (Wildman–Crippen LogP) is 2.45. The number of carbonyl (C=O) groups excluding carboxylic acids is 1. The number of anilines is 1. The quantitative estimate of drug-likeness (QED) is 0.509. The minimum Gasteiger partial charge on any atom is -0.303 e. The van der Waals surface area contributed by atoms with Crippen LogP contribution in [0.1, 0.15) is 22.3 Å². The Morgan fingerprint density at radius 2 is 2.43 bits per heavy atom. The standard InChI is InChI=1S/C15H16N4OS/c1-9-14(10(2)20)21-15(18-9)19-17-8-11-7-16-13-6-4-3-5-12(11)13/h3-6,8,13,16H,7H2,1-2H3,(H,18,19)/b17-8+. The second-order valence-corrected chi connectivity index (χ2v) is 5.94. The van der Waals surface area contributed by atoms with Crippen LogP contribution in [-0.2, 0) is 0 Å². The zero-order chi connectivity index (χ0) is 14.8. The average Bonchev–Trinajstić information content (AvgIpc) is 3.03. The van der Waals surface area contributed by atoms with E-state index >= 15 is 0 Å². The van der Waals surface area contributed by atoms with E-state index in [1.165, 1.54) is 16.9 Å². The van der Waals surface area contributed by atoms with Crippen molar-refractivity contribution >= 4 is 28.5 Å². The molecule has 1 atom stereocenters. The molecule has 6 heteroatoms. The van der Waals surface area contributed by atoms with Crippen LogP contribution >= 0.6 is 11.3 Å². The van der Waals surface area contributed by atoms with Crippen LogP contribution in [0.2, 0.25) is 0 Å². The van der Waals surface area contributed by atoms with Crippen molar-refractivity contribution in [2.75, 3.05) is 12.0 Å². The molecule has 0 radical (unpaired) electrons. The summed E-state index contributed by atoms with van der Waals surface area (Å²) >= 11 is 1.33. The van der Waals surface area contributed by atoms with Crippen LogP contribution in [-0.4, -0.2) is 29.6 Å². The molecule has 1 aliphatic heterocycles. The molecule has 1 aromatic rings. The zero-order valence-electron chi connectivity index (χ0n) is 11.9. The van der Waals surface area contributed by atoms with E-state index in [2.05, 4.69) is 33.0 Å². The third kappa shape index (κ3) is 2.86. The van der Waals surface area contributed by atoms with Gasteiger partial charge in [0.05, 0.1) is 22.8 Å². The van der Waals surface area contributed by atoms with E-state index < -0.39 is 0 Å². The van der Waals surface area contributed by atoms with E-state index in [0.717, 1.165) is 17.8 Å². The predicted molar refractivity (Wildman–Crippen MR) is 86.1 cm³/mol. The monoisotopic (exact) mass is 300 g/mol. The smallest absolute Gasteiger partial charge is 0.204 e. The fraction of sp³-hybridized carbons (Fsp3) is 0.267. The van der Waals surface area contributed by atoms with Gasteiger partial charge in [-0.2, -0.15) is 5.10 Å². The van der Waals surface area contributed by atoms with Crippen LogP contribution in [0.3, 0.4) is 0 Å². The Bertz CT molecular complexity index is 697. The number of allylic oxidation sites excluding steroid dienone is 2. The van der Waals surface area contributed by atoms with Gasteiger partial charge in [0.2, 0.25) is 5.13 Å². The van der Waals surface area contributed by atoms with Crippen LogP contribution in [0.25, 0.3) is 0 Å². The first-order chi connectivity index (χ1) is 10.1. The van der Waals surface area contributed by atoms with Gasteiger partial charge in [-0.15, -0.1) is 0 Å². The molecule has 108 valence electrons. The van der Waals surface area contributed by atoms with Crippen molar-refractivity contribution in [3.8, 4) is 0 Å². The van der Waals surface area contributed by atoms with E-state index in [1.54, 1.807) is 6.92 Å². The number of aryl methyl sites for hydroxylation is 1. The van der Waals surface area contributed by atoms with Crippen molar-refractivity contribution in [2.24, 2.45) is 5.10 Å². The molecule has 0 bridgehead atoms. The van der Waals surface area contributed by atoms with Crippen LogP contribution in [0.5, 0.6) is 0 Å². The number of aromatic nitrogens is 1. The maximum absolute atomic E-state index is 11.4. The van der Waals surface area contributed by atoms with Gasteiger partial charge in [-0.05, 0) is 18.1 Å². The number of rotatable bonds is 4. The molecular formula is C15H16N4OS. The summed E-state index contributed by atoms with van der Waals surface area (Å²) in [4.78, 5) is 16.4. The highest BCUT2D eigenvalue weighted by molar-refractivity contribution is 7.17. The summed E-state index contributed by atoms with van der Waals surface area (Å²) in [5.41, 5.74) is 6.06. The van der Waals surface area contributed by atoms with Crippen LogP contribution < -0.4 is 10.7 Å². The molecule has 1 aliphatic carbocycles. The Morgan fingerprint density at radius 3 is 3.19 bits per heavy atom. The minimum atomic E-state index is 0.0360. The molecule has 0 fully saturated rings. The third-order valence-corrected chi connectivity index (χ3v) is 4.57. The molecule has 2 N–H and O–H groups in total. The average molecular weight is 300 g/mol. The first kappa shape index (κ1) is 13.9. The van der Waals surface area contributed by atoms with Gasteiger partial charge in [-0.3, -0.25) is 10.2 Å². The Labute approximate surface area is 127 Å². The second-order valence-electron chi connectivity index (χ2n) is 4.94. The van der Waals surface area contributed by atoms with Gasteiger partial charge in [0, 0.05) is 13.5 Å². The number of ketones is 1. The lowest BCUT2D eigenvalue weighted by Crippen LogP contribution is -2.22. The molecule has 1 unspecified atom stereocenters. The molecule has 5 nitrogen and oxygen atoms in total. The molecule has 1 aromatic heterocycles. The summed E-state index contributed by atoms with van der Waals surface area (Å²) in [6, 6.07) is 0.294. The largest absolute Gasteiger partial charge is 0.303 e. The van der Waals surface area contributed by atoms with Crippen molar-refractivity contribution in [3.63, 3.8) is 0 Å². The summed E-state index contributed by atoms with van der Waals surface area (Å²) in [6.07, 6.45) is 10.1. The highest BCUT2D eigenvalue weighted by Crippen LogP contribution is 2.23. The number of hydrogen-bond donors (Lipinski definition) is 2. The number of Topliss-reactive ketones (excluding diaryl/α,β-unsaturated/α-hetero) is 1. The van der Waals surface area contributed by atoms with Crippen molar-refractivity contribution in [1.29, 1.82) is 0 Å². The van der Waals surface area contributed by atoms with Gasteiger partial charge < -0.3 is 5.32 Å². The van der Waals surface area contributed by atoms with Crippen molar-refractivity contribution < 1.29 is 4.79 Å². The van der Waals surface area contributed by atoms with E-state index in [4.69, 9.17) is 0 Å². The first-order valence-electron chi connectivity index (χ1n) is 6.74. The molecule has 2 heterocycles. The van der Waals surface area contributed by atoms with Gasteiger partial charge in [0.1, 0.15) is 0 Å². The number of nitrogens with zero attached hydrogens (tertiary/aromatic N) is 2. The highest BCUT2D eigenvalue weighted by atomic mass is 32.1. The summed E-state index contributed by atoms with van der Waals surface area (Å²) in [7, 11) is 0. The fourth-order valence-electron chi connectivity index (χ4n) is 2.41. The molecule has 0 amide bonds. The molecule has 0 spiro atoms. The zero-order valence-corrected chi connectivity index (χ0v) is 12.7. The Hall–Kier alpha value is -2.05. The van der Waals surface area contributed by atoms with Gasteiger partial charge >= 0.3 is 0 Å². The number of hydrogen-bond acceptors (Lipinski definition) is 6.